The minimum absolute atomic E-state index is 0.0947. The smallest absolute Gasteiger partial charge is 0.357 e. The zero-order chi connectivity index (χ0) is 10.4. The van der Waals surface area contributed by atoms with Gasteiger partial charge in [-0.05, 0) is 0 Å². The monoisotopic (exact) mass is 209 g/mol. The number of carbonyl (C=O) groups excluding carboxylic acids is 1. The van der Waals surface area contributed by atoms with Gasteiger partial charge in [0.2, 0.25) is 0 Å². The van der Waals surface area contributed by atoms with E-state index in [1.54, 1.807) is 18.5 Å². The molecule has 0 aromatic carbocycles. The Morgan fingerprint density at radius 1 is 1.86 bits per heavy atom. The molecule has 0 saturated heterocycles. The summed E-state index contributed by atoms with van der Waals surface area (Å²) < 4.78 is 4.80. The molecular weight excluding hydrogens is 202 g/mol. The highest BCUT2D eigenvalue weighted by Crippen LogP contribution is 2.14. The summed E-state index contributed by atoms with van der Waals surface area (Å²) in [5.41, 5.74) is -0.0947. The molecule has 0 saturated carbocycles. The molecule has 0 spiro atoms. The Kier molecular flexibility index (Phi) is 3.64. The van der Waals surface area contributed by atoms with Gasteiger partial charge in [-0.25, -0.2) is 9.78 Å². The van der Waals surface area contributed by atoms with Gasteiger partial charge in [0.05, 0.1) is 0 Å². The van der Waals surface area contributed by atoms with Gasteiger partial charge in [0, 0.05) is 24.8 Å². The van der Waals surface area contributed by atoms with Crippen molar-refractivity contribution in [2.45, 2.75) is 0 Å². The molecule has 1 aromatic rings. The van der Waals surface area contributed by atoms with Gasteiger partial charge >= 0.3 is 5.97 Å². The molecule has 0 fully saturated rings. The van der Waals surface area contributed by atoms with Crippen molar-refractivity contribution >= 4 is 17.3 Å². The van der Waals surface area contributed by atoms with Crippen molar-refractivity contribution in [1.29, 1.82) is 5.26 Å². The van der Waals surface area contributed by atoms with Crippen LogP contribution in [0.5, 0.6) is 5.19 Å². The number of rotatable bonds is 3. The first-order valence-corrected chi connectivity index (χ1v) is 4.55. The highest BCUT2D eigenvalue weighted by molar-refractivity contribution is 7.11. The van der Waals surface area contributed by atoms with Crippen molar-refractivity contribution in [3.63, 3.8) is 0 Å². The lowest BCUT2D eigenvalue weighted by Gasteiger charge is -1.97. The summed E-state index contributed by atoms with van der Waals surface area (Å²) in [5.74, 6) is -0.711. The lowest BCUT2D eigenvalue weighted by molar-refractivity contribution is -0.129. The van der Waals surface area contributed by atoms with Crippen molar-refractivity contribution < 1.29 is 9.53 Å². The molecule has 1 N–H and O–H groups in total. The Labute approximate surface area is 84.6 Å². The zero-order valence-electron chi connectivity index (χ0n) is 7.35. The van der Waals surface area contributed by atoms with Crippen LogP contribution in [0.2, 0.25) is 0 Å². The molecule has 1 heterocycles. The second kappa shape index (κ2) is 4.99. The Morgan fingerprint density at radius 3 is 3.14 bits per heavy atom. The summed E-state index contributed by atoms with van der Waals surface area (Å²) >= 11 is 1.19. The van der Waals surface area contributed by atoms with Crippen molar-refractivity contribution in [3.05, 3.63) is 23.3 Å². The van der Waals surface area contributed by atoms with Crippen LogP contribution in [0.4, 0.5) is 0 Å². The van der Waals surface area contributed by atoms with E-state index in [0.717, 1.165) is 0 Å². The van der Waals surface area contributed by atoms with Crippen LogP contribution in [-0.2, 0) is 4.79 Å². The van der Waals surface area contributed by atoms with Gasteiger partial charge in [-0.15, -0.1) is 0 Å². The number of nitriles is 1. The standard InChI is InChI=1S/C8H7N3O2S/c1-10-5-6(4-9)7(12)13-8-11-2-3-14-8/h2-3,5,10H,1H3. The Morgan fingerprint density at radius 2 is 2.64 bits per heavy atom. The molecule has 0 unspecified atom stereocenters. The molecule has 1 rings (SSSR count). The molecule has 14 heavy (non-hydrogen) atoms. The van der Waals surface area contributed by atoms with E-state index in [9.17, 15) is 4.79 Å². The lowest BCUT2D eigenvalue weighted by Crippen LogP contribution is -2.12. The third kappa shape index (κ3) is 2.57. The summed E-state index contributed by atoms with van der Waals surface area (Å²) in [6.07, 6.45) is 2.79. The van der Waals surface area contributed by atoms with E-state index < -0.39 is 5.97 Å². The number of thiazole rings is 1. The Bertz CT molecular complexity index is 378. The molecule has 6 heteroatoms. The number of nitrogens with one attached hydrogen (secondary N) is 1. The highest BCUT2D eigenvalue weighted by Gasteiger charge is 2.12. The van der Waals surface area contributed by atoms with Crippen LogP contribution < -0.4 is 10.1 Å². The normalized spacial score (nSPS) is 10.4. The van der Waals surface area contributed by atoms with Gasteiger partial charge in [-0.2, -0.15) is 5.26 Å². The number of esters is 1. The Hall–Kier alpha value is -1.87. The first kappa shape index (κ1) is 10.2. The van der Waals surface area contributed by atoms with Crippen molar-refractivity contribution in [2.24, 2.45) is 0 Å². The number of aromatic nitrogens is 1. The second-order valence-corrected chi connectivity index (χ2v) is 3.00. The molecule has 0 bridgehead atoms. The minimum Gasteiger partial charge on any atom is -0.394 e. The number of ether oxygens (including phenoxy) is 1. The van der Waals surface area contributed by atoms with Gasteiger partial charge in [0.15, 0.2) is 5.57 Å². The van der Waals surface area contributed by atoms with Gasteiger partial charge in [0.25, 0.3) is 5.19 Å². The third-order valence-corrected chi connectivity index (χ3v) is 1.87. The lowest BCUT2D eigenvalue weighted by atomic mass is 10.3. The maximum atomic E-state index is 11.2. The largest absolute Gasteiger partial charge is 0.394 e. The van der Waals surface area contributed by atoms with E-state index in [1.807, 2.05) is 0 Å². The number of nitrogens with zero attached hydrogens (tertiary/aromatic N) is 2. The van der Waals surface area contributed by atoms with Crippen LogP contribution in [-0.4, -0.2) is 18.0 Å². The number of carbonyl (C=O) groups is 1. The predicted molar refractivity (Wildman–Crippen MR) is 50.5 cm³/mol. The average Bonchev–Trinajstić information content (AvgIpc) is 2.66. The number of hydrogen-bond acceptors (Lipinski definition) is 6. The van der Waals surface area contributed by atoms with E-state index >= 15 is 0 Å². The molecule has 5 nitrogen and oxygen atoms in total. The first-order chi connectivity index (χ1) is 6.77. The van der Waals surface area contributed by atoms with Gasteiger partial charge in [0.1, 0.15) is 6.07 Å². The topological polar surface area (TPSA) is 75.0 Å². The molecule has 0 aliphatic rings. The van der Waals surface area contributed by atoms with Gasteiger partial charge < -0.3 is 10.1 Å². The summed E-state index contributed by atoms with van der Waals surface area (Å²) in [6.45, 7) is 0. The van der Waals surface area contributed by atoms with Gasteiger partial charge in [-0.1, -0.05) is 11.3 Å². The molecule has 72 valence electrons. The van der Waals surface area contributed by atoms with E-state index in [1.165, 1.54) is 23.7 Å². The SMILES string of the molecule is CNC=C(C#N)C(=O)Oc1nccs1. The van der Waals surface area contributed by atoms with Crippen molar-refractivity contribution in [1.82, 2.24) is 10.3 Å². The summed E-state index contributed by atoms with van der Waals surface area (Å²) in [7, 11) is 1.59. The number of hydrogen-bond donors (Lipinski definition) is 1. The predicted octanol–water partition coefficient (Wildman–Crippen LogP) is 0.675. The molecule has 1 aromatic heterocycles. The van der Waals surface area contributed by atoms with E-state index in [-0.39, 0.29) is 10.8 Å². The fourth-order valence-electron chi connectivity index (χ4n) is 0.676. The average molecular weight is 209 g/mol. The first-order valence-electron chi connectivity index (χ1n) is 3.67. The fourth-order valence-corrected chi connectivity index (χ4v) is 1.16. The van der Waals surface area contributed by atoms with Crippen LogP contribution in [0.25, 0.3) is 0 Å². The maximum absolute atomic E-state index is 11.2. The van der Waals surface area contributed by atoms with Crippen LogP contribution >= 0.6 is 11.3 Å². The highest BCUT2D eigenvalue weighted by atomic mass is 32.1. The van der Waals surface area contributed by atoms with E-state index in [0.29, 0.717) is 0 Å². The summed E-state index contributed by atoms with van der Waals surface area (Å²) in [4.78, 5) is 15.0. The summed E-state index contributed by atoms with van der Waals surface area (Å²) in [6, 6.07) is 1.72. The van der Waals surface area contributed by atoms with Crippen LogP contribution in [0, 0.1) is 11.3 Å². The molecule has 0 atom stereocenters. The maximum Gasteiger partial charge on any atom is 0.357 e. The molecule has 0 amide bonds. The van der Waals surface area contributed by atoms with E-state index in [2.05, 4.69) is 10.3 Å². The van der Waals surface area contributed by atoms with E-state index in [4.69, 9.17) is 10.00 Å². The molecule has 0 aliphatic heterocycles. The zero-order valence-corrected chi connectivity index (χ0v) is 8.17. The molecular formula is C8H7N3O2S. The molecule has 0 aliphatic carbocycles. The second-order valence-electron chi connectivity index (χ2n) is 2.15. The fraction of sp³-hybridized carbons (Fsp3) is 0.125. The van der Waals surface area contributed by atoms with Crippen LogP contribution in [0.15, 0.2) is 23.3 Å². The minimum atomic E-state index is -0.711. The van der Waals surface area contributed by atoms with Crippen LogP contribution in [0.3, 0.4) is 0 Å². The van der Waals surface area contributed by atoms with Crippen molar-refractivity contribution in [2.75, 3.05) is 7.05 Å². The van der Waals surface area contributed by atoms with Crippen molar-refractivity contribution in [3.8, 4) is 11.3 Å². The summed E-state index contributed by atoms with van der Waals surface area (Å²) in [5, 5.41) is 13.1. The van der Waals surface area contributed by atoms with Gasteiger partial charge in [-0.3, -0.25) is 0 Å². The quantitative estimate of drug-likeness (QED) is 0.450. The van der Waals surface area contributed by atoms with Crippen LogP contribution in [0.1, 0.15) is 0 Å². The molecule has 0 radical (unpaired) electrons. The third-order valence-electron chi connectivity index (χ3n) is 1.22. The Balaban J connectivity index is 2.67.